The van der Waals surface area contributed by atoms with E-state index in [0.29, 0.717) is 19.0 Å². The van der Waals surface area contributed by atoms with E-state index < -0.39 is 5.97 Å². The number of likely N-dealkylation sites (tertiary alicyclic amines) is 1. The molecule has 1 unspecified atom stereocenters. The molecule has 1 N–H and O–H groups in total. The van der Waals surface area contributed by atoms with Crippen LogP contribution in [0.1, 0.15) is 46.5 Å². The Bertz CT molecular complexity index is 305. The average Bonchev–Trinajstić information content (AvgIpc) is 2.69. The Morgan fingerprint density at radius 2 is 2.11 bits per heavy atom. The number of carbonyl (C=O) groups is 2. The lowest BCUT2D eigenvalue weighted by Crippen LogP contribution is -2.48. The van der Waals surface area contributed by atoms with Gasteiger partial charge in [0.2, 0.25) is 0 Å². The summed E-state index contributed by atoms with van der Waals surface area (Å²) in [6.45, 7) is 7.35. The first kappa shape index (κ1) is 14.8. The monoisotopic (exact) mass is 256 g/mol. The highest BCUT2D eigenvalue weighted by Gasteiger charge is 2.29. The van der Waals surface area contributed by atoms with Crippen LogP contribution in [0.3, 0.4) is 0 Å². The molecule has 0 aromatic heterocycles. The number of rotatable bonds is 5. The molecule has 0 bridgehead atoms. The molecule has 0 saturated carbocycles. The highest BCUT2D eigenvalue weighted by molar-refractivity contribution is 5.75. The second kappa shape index (κ2) is 6.61. The summed E-state index contributed by atoms with van der Waals surface area (Å²) in [4.78, 5) is 26.6. The fraction of sp³-hybridized carbons (Fsp3) is 0.846. The van der Waals surface area contributed by atoms with Crippen LogP contribution in [0, 0.1) is 0 Å². The summed E-state index contributed by atoms with van der Waals surface area (Å²) in [7, 11) is 0. The minimum absolute atomic E-state index is 0.0559. The number of urea groups is 1. The molecule has 104 valence electrons. The molecule has 1 aliphatic heterocycles. The fourth-order valence-corrected chi connectivity index (χ4v) is 2.36. The summed E-state index contributed by atoms with van der Waals surface area (Å²) in [6.07, 6.45) is 2.76. The lowest BCUT2D eigenvalue weighted by atomic mass is 10.2. The van der Waals surface area contributed by atoms with Crippen molar-refractivity contribution >= 4 is 12.0 Å². The molecule has 1 heterocycles. The number of carbonyl (C=O) groups excluding carboxylic acids is 1. The normalized spacial score (nSPS) is 19.3. The molecule has 1 fully saturated rings. The van der Waals surface area contributed by atoms with Crippen LogP contribution in [0.25, 0.3) is 0 Å². The van der Waals surface area contributed by atoms with Gasteiger partial charge < -0.3 is 14.9 Å². The van der Waals surface area contributed by atoms with Crippen molar-refractivity contribution in [3.8, 4) is 0 Å². The molecule has 5 heteroatoms. The van der Waals surface area contributed by atoms with Crippen LogP contribution >= 0.6 is 0 Å². The second-order valence-corrected chi connectivity index (χ2v) is 5.25. The van der Waals surface area contributed by atoms with Gasteiger partial charge in [-0.05, 0) is 40.0 Å². The molecule has 1 rings (SSSR count). The van der Waals surface area contributed by atoms with Gasteiger partial charge >= 0.3 is 12.0 Å². The van der Waals surface area contributed by atoms with Crippen molar-refractivity contribution in [3.63, 3.8) is 0 Å². The van der Waals surface area contributed by atoms with Crippen LogP contribution in [0.4, 0.5) is 4.79 Å². The van der Waals surface area contributed by atoms with Gasteiger partial charge in [-0.15, -0.1) is 0 Å². The van der Waals surface area contributed by atoms with Crippen molar-refractivity contribution in [3.05, 3.63) is 0 Å². The molecule has 1 saturated heterocycles. The summed E-state index contributed by atoms with van der Waals surface area (Å²) in [5, 5.41) is 8.64. The van der Waals surface area contributed by atoms with Gasteiger partial charge in [0, 0.05) is 31.6 Å². The summed E-state index contributed by atoms with van der Waals surface area (Å²) in [6, 6.07) is 0.470. The summed E-state index contributed by atoms with van der Waals surface area (Å²) < 4.78 is 0. The van der Waals surface area contributed by atoms with Gasteiger partial charge in [-0.3, -0.25) is 4.79 Å². The number of nitrogens with zero attached hydrogens (tertiary/aromatic N) is 2. The zero-order chi connectivity index (χ0) is 13.7. The van der Waals surface area contributed by atoms with E-state index in [1.807, 2.05) is 18.7 Å². The number of carboxylic acid groups (broad SMARTS) is 1. The zero-order valence-electron chi connectivity index (χ0n) is 11.6. The molecule has 0 aromatic carbocycles. The van der Waals surface area contributed by atoms with Crippen molar-refractivity contribution in [1.82, 2.24) is 9.80 Å². The minimum atomic E-state index is -0.805. The largest absolute Gasteiger partial charge is 0.481 e. The number of hydrogen-bond donors (Lipinski definition) is 1. The van der Waals surface area contributed by atoms with Crippen LogP contribution in [0.5, 0.6) is 0 Å². The standard InChI is InChI=1S/C13H24N2O3/c1-10(2)14(8-5-7-12(16)17)13(18)15-9-4-6-11(15)3/h10-11H,4-9H2,1-3H3,(H,16,17). The van der Waals surface area contributed by atoms with E-state index in [0.717, 1.165) is 19.4 Å². The van der Waals surface area contributed by atoms with Crippen molar-refractivity contribution in [2.24, 2.45) is 0 Å². The Hall–Kier alpha value is -1.26. The third-order valence-corrected chi connectivity index (χ3v) is 3.46. The maximum Gasteiger partial charge on any atom is 0.320 e. The van der Waals surface area contributed by atoms with Gasteiger partial charge in [-0.25, -0.2) is 4.79 Å². The third-order valence-electron chi connectivity index (χ3n) is 3.46. The van der Waals surface area contributed by atoms with Gasteiger partial charge in [0.05, 0.1) is 0 Å². The Balaban J connectivity index is 2.55. The topological polar surface area (TPSA) is 60.9 Å². The number of aliphatic carboxylic acids is 1. The van der Waals surface area contributed by atoms with Crippen LogP contribution in [0.2, 0.25) is 0 Å². The van der Waals surface area contributed by atoms with Gasteiger partial charge in [-0.1, -0.05) is 0 Å². The van der Waals surface area contributed by atoms with Crippen molar-refractivity contribution in [1.29, 1.82) is 0 Å². The van der Waals surface area contributed by atoms with E-state index in [9.17, 15) is 9.59 Å². The molecule has 0 radical (unpaired) electrons. The first-order valence-corrected chi connectivity index (χ1v) is 6.72. The molecule has 0 aliphatic carbocycles. The lowest BCUT2D eigenvalue weighted by molar-refractivity contribution is -0.137. The van der Waals surface area contributed by atoms with Gasteiger partial charge in [0.15, 0.2) is 0 Å². The highest BCUT2D eigenvalue weighted by atomic mass is 16.4. The molecular formula is C13H24N2O3. The zero-order valence-corrected chi connectivity index (χ0v) is 11.6. The number of amides is 2. The Kier molecular flexibility index (Phi) is 5.44. The van der Waals surface area contributed by atoms with Gasteiger partial charge in [0.1, 0.15) is 0 Å². The molecule has 1 aliphatic rings. The van der Waals surface area contributed by atoms with E-state index in [1.165, 1.54) is 0 Å². The fourth-order valence-electron chi connectivity index (χ4n) is 2.36. The second-order valence-electron chi connectivity index (χ2n) is 5.25. The van der Waals surface area contributed by atoms with Crippen LogP contribution < -0.4 is 0 Å². The number of carboxylic acids is 1. The predicted octanol–water partition coefficient (Wildman–Crippen LogP) is 2.17. The Morgan fingerprint density at radius 1 is 1.44 bits per heavy atom. The molecule has 0 aromatic rings. The van der Waals surface area contributed by atoms with E-state index in [4.69, 9.17) is 5.11 Å². The van der Waals surface area contributed by atoms with E-state index in [1.54, 1.807) is 4.90 Å². The van der Waals surface area contributed by atoms with Crippen LogP contribution in [-0.4, -0.2) is 52.1 Å². The third kappa shape index (κ3) is 3.89. The Morgan fingerprint density at radius 3 is 2.56 bits per heavy atom. The first-order chi connectivity index (χ1) is 8.43. The highest BCUT2D eigenvalue weighted by Crippen LogP contribution is 2.19. The molecule has 2 amide bonds. The Labute approximate surface area is 109 Å². The van der Waals surface area contributed by atoms with Crippen LogP contribution in [0.15, 0.2) is 0 Å². The van der Waals surface area contributed by atoms with Crippen molar-refractivity contribution in [2.75, 3.05) is 13.1 Å². The molecule has 5 nitrogen and oxygen atoms in total. The summed E-state index contributed by atoms with van der Waals surface area (Å²) in [5.41, 5.74) is 0. The first-order valence-electron chi connectivity index (χ1n) is 6.72. The van der Waals surface area contributed by atoms with E-state index in [2.05, 4.69) is 6.92 Å². The molecule has 1 atom stereocenters. The molecule has 0 spiro atoms. The van der Waals surface area contributed by atoms with E-state index in [-0.39, 0.29) is 18.5 Å². The summed E-state index contributed by atoms with van der Waals surface area (Å²) >= 11 is 0. The SMILES string of the molecule is CC(C)N(CCCC(=O)O)C(=O)N1CCCC1C. The maximum atomic E-state index is 12.4. The maximum absolute atomic E-state index is 12.4. The molecular weight excluding hydrogens is 232 g/mol. The number of hydrogen-bond acceptors (Lipinski definition) is 2. The lowest BCUT2D eigenvalue weighted by Gasteiger charge is -2.33. The van der Waals surface area contributed by atoms with Crippen molar-refractivity contribution < 1.29 is 14.7 Å². The van der Waals surface area contributed by atoms with Crippen LogP contribution in [-0.2, 0) is 4.79 Å². The van der Waals surface area contributed by atoms with E-state index >= 15 is 0 Å². The minimum Gasteiger partial charge on any atom is -0.481 e. The smallest absolute Gasteiger partial charge is 0.320 e. The van der Waals surface area contributed by atoms with Gasteiger partial charge in [-0.2, -0.15) is 0 Å². The van der Waals surface area contributed by atoms with Gasteiger partial charge in [0.25, 0.3) is 0 Å². The average molecular weight is 256 g/mol. The molecule has 18 heavy (non-hydrogen) atoms. The summed E-state index contributed by atoms with van der Waals surface area (Å²) in [5.74, 6) is -0.805. The quantitative estimate of drug-likeness (QED) is 0.820. The van der Waals surface area contributed by atoms with Crippen molar-refractivity contribution in [2.45, 2.75) is 58.5 Å². The predicted molar refractivity (Wildman–Crippen MR) is 69.5 cm³/mol.